The van der Waals surface area contributed by atoms with Crippen LogP contribution in [0.5, 0.6) is 11.8 Å². The molecule has 0 bridgehead atoms. The fourth-order valence-electron chi connectivity index (χ4n) is 3.50. The van der Waals surface area contributed by atoms with Crippen LogP contribution in [0.15, 0.2) is 47.4 Å². The minimum Gasteiger partial charge on any atom is -0.494 e. The van der Waals surface area contributed by atoms with Crippen LogP contribution in [0, 0.1) is 0 Å². The maximum atomic E-state index is 12.6. The number of anilines is 2. The lowest BCUT2D eigenvalue weighted by Gasteiger charge is -2.17. The number of rotatable bonds is 10. The molecule has 0 radical (unpaired) electrons. The number of fused-ring (bicyclic) bond motifs is 1. The molecule has 1 unspecified atom stereocenters. The molecule has 15 nitrogen and oxygen atoms in total. The van der Waals surface area contributed by atoms with Crippen LogP contribution in [0.3, 0.4) is 0 Å². The van der Waals surface area contributed by atoms with Gasteiger partial charge in [-0.1, -0.05) is 0 Å². The Hall–Kier alpha value is -5.47. The number of benzene rings is 1. The first-order valence-corrected chi connectivity index (χ1v) is 11.1. The molecule has 38 heavy (non-hydrogen) atoms. The second-order valence-electron chi connectivity index (χ2n) is 7.93. The van der Waals surface area contributed by atoms with Crippen LogP contribution in [-0.4, -0.2) is 59.2 Å². The van der Waals surface area contributed by atoms with Gasteiger partial charge in [-0.3, -0.25) is 24.2 Å². The zero-order valence-corrected chi connectivity index (χ0v) is 19.6. The molecule has 0 fully saturated rings. The fourth-order valence-corrected chi connectivity index (χ4v) is 3.50. The van der Waals surface area contributed by atoms with E-state index in [0.29, 0.717) is 15.9 Å². The van der Waals surface area contributed by atoms with Gasteiger partial charge in [0.15, 0.2) is 17.4 Å². The molecule has 7 N–H and O–H groups in total. The molecule has 1 atom stereocenters. The molecule has 0 saturated heterocycles. The molecule has 196 valence electrons. The highest BCUT2D eigenvalue weighted by Gasteiger charge is 2.19. The predicted molar refractivity (Wildman–Crippen MR) is 132 cm³/mol. The topological polar surface area (TPSA) is 227 Å². The monoisotopic (exact) mass is 522 g/mol. The van der Waals surface area contributed by atoms with Gasteiger partial charge in [0.2, 0.25) is 23.6 Å². The van der Waals surface area contributed by atoms with E-state index in [4.69, 9.17) is 10.5 Å². The quantitative estimate of drug-likeness (QED) is 0.123. The molecule has 1 amide bonds. The molecule has 0 spiro atoms. The van der Waals surface area contributed by atoms with Crippen molar-refractivity contribution in [2.45, 2.75) is 25.6 Å². The Morgan fingerprint density at radius 1 is 1.13 bits per heavy atom. The van der Waals surface area contributed by atoms with Crippen LogP contribution in [-0.2, 0) is 16.1 Å². The van der Waals surface area contributed by atoms with E-state index in [1.165, 1.54) is 18.3 Å². The summed E-state index contributed by atoms with van der Waals surface area (Å²) in [4.78, 5) is 62.3. The normalized spacial score (nSPS) is 11.6. The van der Waals surface area contributed by atoms with Crippen molar-refractivity contribution in [2.24, 2.45) is 0 Å². The van der Waals surface area contributed by atoms with E-state index in [2.05, 4.69) is 30.6 Å². The average Bonchev–Trinajstić information content (AvgIpc) is 3.24. The minimum absolute atomic E-state index is 0.0539. The number of nitrogens with zero attached hydrogens (tertiary/aromatic N) is 4. The van der Waals surface area contributed by atoms with Crippen molar-refractivity contribution in [3.63, 3.8) is 0 Å². The van der Waals surface area contributed by atoms with Crippen molar-refractivity contribution < 1.29 is 29.3 Å². The summed E-state index contributed by atoms with van der Waals surface area (Å²) in [5.74, 6) is -2.16. The van der Waals surface area contributed by atoms with Crippen molar-refractivity contribution in [3.05, 3.63) is 64.2 Å². The smallest absolute Gasteiger partial charge is 0.295 e. The third kappa shape index (κ3) is 5.84. The number of H-pyrrole nitrogens is 1. The molecule has 0 aliphatic carbocycles. The Bertz CT molecular complexity index is 1530. The largest absolute Gasteiger partial charge is 0.494 e. The molecule has 4 aromatic rings. The minimum atomic E-state index is -1.12. The Labute approximate surface area is 213 Å². The zero-order valence-electron chi connectivity index (χ0n) is 19.6. The van der Waals surface area contributed by atoms with Gasteiger partial charge in [0.1, 0.15) is 0 Å². The number of nitrogens with one attached hydrogen (secondary N) is 3. The molecular formula is C23H22N8O7. The summed E-state index contributed by atoms with van der Waals surface area (Å²) in [5, 5.41) is 24.9. The van der Waals surface area contributed by atoms with E-state index < -0.39 is 35.4 Å². The van der Waals surface area contributed by atoms with Gasteiger partial charge in [-0.25, -0.2) is 14.5 Å². The van der Waals surface area contributed by atoms with E-state index in [0.717, 1.165) is 12.1 Å². The second kappa shape index (κ2) is 11.1. The molecule has 15 heteroatoms. The standard InChI is InChI=1S/C23H22N8O7/c24-23-29-20-19(22(37)30-23)27-14(10-26-20)9-25-13-3-1-12(2-4-13)21(36)28-15(38-11-32)5-6-16(33)31-17(34)7-8-18(31)35/h1-4,7-8,10-11,15,25,34-35H,5-6,9H2,(H,28,36)(H3,24,26,29,30,37). The molecular weight excluding hydrogens is 500 g/mol. The van der Waals surface area contributed by atoms with Crippen molar-refractivity contribution >= 4 is 41.1 Å². The second-order valence-corrected chi connectivity index (χ2v) is 7.93. The number of carbonyl (C=O) groups is 3. The maximum absolute atomic E-state index is 12.6. The first kappa shape index (κ1) is 25.6. The lowest BCUT2D eigenvalue weighted by molar-refractivity contribution is -0.134. The molecule has 3 heterocycles. The first-order chi connectivity index (χ1) is 18.2. The first-order valence-electron chi connectivity index (χ1n) is 11.1. The Morgan fingerprint density at radius 3 is 2.53 bits per heavy atom. The van der Waals surface area contributed by atoms with Gasteiger partial charge in [-0.15, -0.1) is 0 Å². The molecule has 4 rings (SSSR count). The number of nitrogens with two attached hydrogens (primary N) is 1. The molecule has 0 saturated carbocycles. The van der Waals surface area contributed by atoms with Crippen LogP contribution in [0.2, 0.25) is 0 Å². The van der Waals surface area contributed by atoms with Gasteiger partial charge in [-0.2, -0.15) is 4.98 Å². The Morgan fingerprint density at radius 2 is 1.84 bits per heavy atom. The summed E-state index contributed by atoms with van der Waals surface area (Å²) >= 11 is 0. The fraction of sp³-hybridized carbons (Fsp3) is 0.174. The highest BCUT2D eigenvalue weighted by molar-refractivity contribution is 5.94. The highest BCUT2D eigenvalue weighted by atomic mass is 16.5. The van der Waals surface area contributed by atoms with Crippen LogP contribution < -0.4 is 21.9 Å². The van der Waals surface area contributed by atoms with Crippen LogP contribution in [0.1, 0.15) is 33.7 Å². The average molecular weight is 522 g/mol. The van der Waals surface area contributed by atoms with Crippen molar-refractivity contribution in [2.75, 3.05) is 11.1 Å². The number of aromatic nitrogens is 5. The predicted octanol–water partition coefficient (Wildman–Crippen LogP) is 0.470. The lowest BCUT2D eigenvalue weighted by Crippen LogP contribution is -2.37. The summed E-state index contributed by atoms with van der Waals surface area (Å²) in [6.07, 6.45) is -0.0108. The van der Waals surface area contributed by atoms with Gasteiger partial charge in [0, 0.05) is 36.2 Å². The summed E-state index contributed by atoms with van der Waals surface area (Å²) in [7, 11) is 0. The molecule has 3 aromatic heterocycles. The number of hydrogen-bond acceptors (Lipinski definition) is 12. The third-order valence-corrected chi connectivity index (χ3v) is 5.33. The molecule has 0 aliphatic rings. The summed E-state index contributed by atoms with van der Waals surface area (Å²) in [6.45, 7) is 0.371. The SMILES string of the molecule is Nc1nc2ncc(CNc3ccc(C(=O)NC(CCC(=O)n4c(O)ccc4O)OC=O)cc3)nc2c(=O)[nH]1. The van der Waals surface area contributed by atoms with Gasteiger partial charge < -0.3 is 31.3 Å². The summed E-state index contributed by atoms with van der Waals surface area (Å²) in [5.41, 5.74) is 6.56. The van der Waals surface area contributed by atoms with Crippen molar-refractivity contribution in [1.29, 1.82) is 0 Å². The Balaban J connectivity index is 1.34. The third-order valence-electron chi connectivity index (χ3n) is 5.33. The number of ether oxygens (including phenoxy) is 1. The number of amides is 1. The summed E-state index contributed by atoms with van der Waals surface area (Å²) in [6, 6.07) is 8.62. The van der Waals surface area contributed by atoms with E-state index in [9.17, 15) is 29.4 Å². The van der Waals surface area contributed by atoms with Gasteiger partial charge in [0.25, 0.3) is 17.9 Å². The number of hydrogen-bond donors (Lipinski definition) is 6. The van der Waals surface area contributed by atoms with Crippen LogP contribution >= 0.6 is 0 Å². The number of aromatic amines is 1. The van der Waals surface area contributed by atoms with Crippen LogP contribution in [0.4, 0.5) is 11.6 Å². The van der Waals surface area contributed by atoms with E-state index >= 15 is 0 Å². The molecule has 0 aliphatic heterocycles. The van der Waals surface area contributed by atoms with Gasteiger partial charge in [0.05, 0.1) is 18.4 Å². The van der Waals surface area contributed by atoms with E-state index in [1.54, 1.807) is 12.1 Å². The molecule has 1 aromatic carbocycles. The lowest BCUT2D eigenvalue weighted by atomic mass is 10.1. The van der Waals surface area contributed by atoms with Crippen molar-refractivity contribution in [1.82, 2.24) is 29.8 Å². The van der Waals surface area contributed by atoms with E-state index in [1.807, 2.05) is 0 Å². The van der Waals surface area contributed by atoms with E-state index in [-0.39, 0.29) is 48.5 Å². The number of aromatic hydroxyl groups is 2. The maximum Gasteiger partial charge on any atom is 0.295 e. The van der Waals surface area contributed by atoms with Gasteiger partial charge in [-0.05, 0) is 24.3 Å². The highest BCUT2D eigenvalue weighted by Crippen LogP contribution is 2.22. The van der Waals surface area contributed by atoms with Crippen molar-refractivity contribution in [3.8, 4) is 11.8 Å². The van der Waals surface area contributed by atoms with Gasteiger partial charge >= 0.3 is 0 Å². The number of nitrogen functional groups attached to an aromatic ring is 1. The van der Waals surface area contributed by atoms with Crippen LogP contribution in [0.25, 0.3) is 11.2 Å². The zero-order chi connectivity index (χ0) is 27.2. The summed E-state index contributed by atoms with van der Waals surface area (Å²) < 4.78 is 5.55. The Kier molecular flexibility index (Phi) is 7.46. The number of carbonyl (C=O) groups excluding carboxylic acids is 3.